The highest BCUT2D eigenvalue weighted by Crippen LogP contribution is 2.28. The summed E-state index contributed by atoms with van der Waals surface area (Å²) in [7, 11) is 1.51. The van der Waals surface area contributed by atoms with Crippen LogP contribution in [0.1, 0.15) is 17.4 Å². The second-order valence-electron chi connectivity index (χ2n) is 5.61. The minimum absolute atomic E-state index is 0.0330. The van der Waals surface area contributed by atoms with Crippen LogP contribution < -0.4 is 10.3 Å². The monoisotopic (exact) mass is 376 g/mol. The molecule has 0 atom stereocenters. The standard InChI is InChI=1S/C18H17ClN2O3S/c1-3-13-8-14-17(25-13)20-10-21(18(14)23)9-12(22)7-11-5-4-6-15(19)16(11)24-2/h4-6,8,10H,3,7,9H2,1-2H3. The summed E-state index contributed by atoms with van der Waals surface area (Å²) in [6, 6.07) is 7.12. The summed E-state index contributed by atoms with van der Waals surface area (Å²) < 4.78 is 6.62. The Morgan fingerprint density at radius 1 is 1.40 bits per heavy atom. The van der Waals surface area contributed by atoms with Crippen molar-refractivity contribution in [3.05, 3.63) is 56.4 Å². The molecule has 0 aliphatic carbocycles. The molecule has 0 amide bonds. The fraction of sp³-hybridized carbons (Fsp3) is 0.278. The van der Waals surface area contributed by atoms with Crippen LogP contribution in [0.4, 0.5) is 0 Å². The summed E-state index contributed by atoms with van der Waals surface area (Å²) in [6.45, 7) is 2.00. The van der Waals surface area contributed by atoms with E-state index in [-0.39, 0.29) is 24.3 Å². The van der Waals surface area contributed by atoms with Gasteiger partial charge in [-0.05, 0) is 18.6 Å². The van der Waals surface area contributed by atoms with Crippen molar-refractivity contribution in [3.8, 4) is 5.75 Å². The highest BCUT2D eigenvalue weighted by molar-refractivity contribution is 7.18. The number of rotatable bonds is 6. The Hall–Kier alpha value is -2.18. The fourth-order valence-corrected chi connectivity index (χ4v) is 3.87. The van der Waals surface area contributed by atoms with Crippen LogP contribution in [-0.2, 0) is 24.2 Å². The summed E-state index contributed by atoms with van der Waals surface area (Å²) in [5, 5.41) is 1.02. The van der Waals surface area contributed by atoms with Gasteiger partial charge in [-0.1, -0.05) is 30.7 Å². The summed E-state index contributed by atoms with van der Waals surface area (Å²) in [4.78, 5) is 31.1. The van der Waals surface area contributed by atoms with Gasteiger partial charge in [-0.25, -0.2) is 4.98 Å². The number of hydrogen-bond donors (Lipinski definition) is 0. The summed E-state index contributed by atoms with van der Waals surface area (Å²) in [6.07, 6.45) is 2.43. The van der Waals surface area contributed by atoms with Gasteiger partial charge in [0.25, 0.3) is 5.56 Å². The summed E-state index contributed by atoms with van der Waals surface area (Å²) >= 11 is 7.59. The van der Waals surface area contributed by atoms with E-state index in [9.17, 15) is 9.59 Å². The number of hydrogen-bond acceptors (Lipinski definition) is 5. The number of thiophene rings is 1. The predicted molar refractivity (Wildman–Crippen MR) is 100.0 cm³/mol. The third-order valence-corrected chi connectivity index (χ3v) is 5.39. The molecule has 0 N–H and O–H groups in total. The molecule has 0 aliphatic heterocycles. The topological polar surface area (TPSA) is 61.2 Å². The molecule has 0 spiro atoms. The zero-order valence-corrected chi connectivity index (χ0v) is 15.5. The van der Waals surface area contributed by atoms with Gasteiger partial charge in [0.15, 0.2) is 5.78 Å². The molecule has 7 heteroatoms. The number of para-hydroxylation sites is 1. The number of carbonyl (C=O) groups is 1. The highest BCUT2D eigenvalue weighted by Gasteiger charge is 2.14. The van der Waals surface area contributed by atoms with E-state index >= 15 is 0 Å². The third-order valence-electron chi connectivity index (χ3n) is 3.90. The van der Waals surface area contributed by atoms with Crippen LogP contribution in [-0.4, -0.2) is 22.4 Å². The Labute approximate surface area is 153 Å². The molecule has 3 rings (SSSR count). The maximum atomic E-state index is 12.6. The van der Waals surface area contributed by atoms with Crippen molar-refractivity contribution in [2.24, 2.45) is 0 Å². The number of halogens is 1. The number of Topliss-reactive ketones (excluding diaryl/α,β-unsaturated/α-hetero) is 1. The molecular formula is C18H17ClN2O3S. The van der Waals surface area contributed by atoms with E-state index in [0.717, 1.165) is 11.3 Å². The fourth-order valence-electron chi connectivity index (χ4n) is 2.68. The molecule has 0 unspecified atom stereocenters. The molecule has 1 aromatic carbocycles. The van der Waals surface area contributed by atoms with E-state index < -0.39 is 0 Å². The van der Waals surface area contributed by atoms with Crippen molar-refractivity contribution in [2.75, 3.05) is 7.11 Å². The number of ether oxygens (including phenoxy) is 1. The average Bonchev–Trinajstić information content (AvgIpc) is 3.02. The molecule has 2 heterocycles. The minimum atomic E-state index is -0.188. The molecule has 0 bridgehead atoms. The van der Waals surface area contributed by atoms with Crippen molar-refractivity contribution in [3.63, 3.8) is 0 Å². The Bertz CT molecular complexity index is 994. The zero-order chi connectivity index (χ0) is 18.0. The van der Waals surface area contributed by atoms with Crippen LogP contribution in [0.2, 0.25) is 5.02 Å². The van der Waals surface area contributed by atoms with Crippen molar-refractivity contribution >= 4 is 38.9 Å². The Balaban J connectivity index is 1.84. The SMILES string of the molecule is CCc1cc2c(=O)n(CC(=O)Cc3cccc(Cl)c3OC)cnc2s1. The van der Waals surface area contributed by atoms with E-state index in [1.165, 1.54) is 29.3 Å². The van der Waals surface area contributed by atoms with E-state index in [2.05, 4.69) is 4.98 Å². The van der Waals surface area contributed by atoms with E-state index in [4.69, 9.17) is 16.3 Å². The molecular weight excluding hydrogens is 360 g/mol. The van der Waals surface area contributed by atoms with Gasteiger partial charge in [-0.2, -0.15) is 0 Å². The van der Waals surface area contributed by atoms with Crippen LogP contribution in [0, 0.1) is 0 Å². The zero-order valence-electron chi connectivity index (χ0n) is 13.9. The van der Waals surface area contributed by atoms with Gasteiger partial charge in [0.2, 0.25) is 0 Å². The molecule has 0 fully saturated rings. The van der Waals surface area contributed by atoms with E-state index in [1.807, 2.05) is 13.0 Å². The largest absolute Gasteiger partial charge is 0.495 e. The first-order valence-corrected chi connectivity index (χ1v) is 9.03. The third kappa shape index (κ3) is 3.60. The number of benzene rings is 1. The second-order valence-corrected chi connectivity index (χ2v) is 7.13. The van der Waals surface area contributed by atoms with E-state index in [1.54, 1.807) is 18.2 Å². The van der Waals surface area contributed by atoms with Gasteiger partial charge in [-0.15, -0.1) is 11.3 Å². The average molecular weight is 377 g/mol. The molecule has 0 saturated carbocycles. The number of aromatic nitrogens is 2. The number of carbonyl (C=O) groups excluding carboxylic acids is 1. The Morgan fingerprint density at radius 2 is 2.20 bits per heavy atom. The van der Waals surface area contributed by atoms with Gasteiger partial charge in [0, 0.05) is 16.9 Å². The molecule has 2 aromatic heterocycles. The van der Waals surface area contributed by atoms with Crippen molar-refractivity contribution in [1.82, 2.24) is 9.55 Å². The lowest BCUT2D eigenvalue weighted by Gasteiger charge is -2.10. The molecule has 3 aromatic rings. The van der Waals surface area contributed by atoms with Gasteiger partial charge < -0.3 is 4.74 Å². The van der Waals surface area contributed by atoms with Crippen molar-refractivity contribution in [1.29, 1.82) is 0 Å². The van der Waals surface area contributed by atoms with Crippen LogP contribution >= 0.6 is 22.9 Å². The van der Waals surface area contributed by atoms with Crippen molar-refractivity contribution in [2.45, 2.75) is 26.3 Å². The lowest BCUT2D eigenvalue weighted by atomic mass is 10.1. The van der Waals surface area contributed by atoms with E-state index in [0.29, 0.717) is 26.6 Å². The lowest BCUT2D eigenvalue weighted by molar-refractivity contribution is -0.119. The van der Waals surface area contributed by atoms with Crippen LogP contribution in [0.25, 0.3) is 10.2 Å². The maximum Gasteiger partial charge on any atom is 0.262 e. The van der Waals surface area contributed by atoms with Crippen LogP contribution in [0.5, 0.6) is 5.75 Å². The van der Waals surface area contributed by atoms with Gasteiger partial charge in [0.1, 0.15) is 10.6 Å². The van der Waals surface area contributed by atoms with Crippen LogP contribution in [0.15, 0.2) is 35.4 Å². The lowest BCUT2D eigenvalue weighted by Crippen LogP contribution is -2.25. The molecule has 0 radical (unpaired) electrons. The van der Waals surface area contributed by atoms with Gasteiger partial charge in [0.05, 0.1) is 30.4 Å². The van der Waals surface area contributed by atoms with Crippen LogP contribution in [0.3, 0.4) is 0 Å². The maximum absolute atomic E-state index is 12.6. The van der Waals surface area contributed by atoms with Gasteiger partial charge in [-0.3, -0.25) is 14.2 Å². The summed E-state index contributed by atoms with van der Waals surface area (Å²) in [5.41, 5.74) is 0.512. The smallest absolute Gasteiger partial charge is 0.262 e. The number of fused-ring (bicyclic) bond motifs is 1. The molecule has 25 heavy (non-hydrogen) atoms. The molecule has 5 nitrogen and oxygen atoms in total. The number of methoxy groups -OCH3 is 1. The summed E-state index contributed by atoms with van der Waals surface area (Å²) in [5.74, 6) is 0.374. The molecule has 0 aliphatic rings. The first-order chi connectivity index (χ1) is 12.0. The van der Waals surface area contributed by atoms with Crippen molar-refractivity contribution < 1.29 is 9.53 Å². The predicted octanol–water partition coefficient (Wildman–Crippen LogP) is 3.49. The minimum Gasteiger partial charge on any atom is -0.495 e. The quantitative estimate of drug-likeness (QED) is 0.660. The second kappa shape index (κ2) is 7.37. The molecule has 130 valence electrons. The molecule has 0 saturated heterocycles. The first-order valence-electron chi connectivity index (χ1n) is 7.84. The highest BCUT2D eigenvalue weighted by atomic mass is 35.5. The number of ketones is 1. The number of nitrogens with zero attached hydrogens (tertiary/aromatic N) is 2. The Morgan fingerprint density at radius 3 is 2.92 bits per heavy atom. The first kappa shape index (κ1) is 17.6. The van der Waals surface area contributed by atoms with Gasteiger partial charge >= 0.3 is 0 Å². The number of aryl methyl sites for hydroxylation is 1. The Kier molecular flexibility index (Phi) is 5.20. The normalized spacial score (nSPS) is 11.0.